The fraction of sp³-hybridized carbons (Fsp3) is 0.200. The minimum atomic E-state index is 0.521. The lowest BCUT2D eigenvalue weighted by Gasteiger charge is -2.01. The van der Waals surface area contributed by atoms with Gasteiger partial charge in [0.1, 0.15) is 0 Å². The Labute approximate surface area is 77.5 Å². The van der Waals surface area contributed by atoms with Gasteiger partial charge in [0.05, 0.1) is 5.69 Å². The van der Waals surface area contributed by atoms with Crippen molar-refractivity contribution in [2.75, 3.05) is 0 Å². The lowest BCUT2D eigenvalue weighted by molar-refractivity contribution is -0.109. The number of aromatic nitrogens is 1. The van der Waals surface area contributed by atoms with Gasteiger partial charge in [-0.25, -0.2) is 0 Å². The molecule has 1 amide bonds. The third-order valence-electron chi connectivity index (χ3n) is 1.65. The third-order valence-corrected chi connectivity index (χ3v) is 1.65. The highest BCUT2D eigenvalue weighted by Gasteiger charge is 1.95. The monoisotopic (exact) mass is 176 g/mol. The number of rotatable bonds is 4. The quantitative estimate of drug-likeness (QED) is 0.704. The van der Waals surface area contributed by atoms with Crippen molar-refractivity contribution in [1.29, 1.82) is 0 Å². The Morgan fingerprint density at radius 3 is 2.92 bits per heavy atom. The summed E-state index contributed by atoms with van der Waals surface area (Å²) in [5.41, 5.74) is 2.81. The highest BCUT2D eigenvalue weighted by atomic mass is 16.1. The van der Waals surface area contributed by atoms with Crippen molar-refractivity contribution in [3.63, 3.8) is 0 Å². The molecule has 0 aliphatic rings. The number of carbonyl (C=O) groups is 1. The minimum Gasteiger partial charge on any atom is -0.355 e. The van der Waals surface area contributed by atoms with Gasteiger partial charge in [-0.05, 0) is 24.1 Å². The van der Waals surface area contributed by atoms with Crippen LogP contribution in [0.4, 0.5) is 0 Å². The molecule has 0 saturated heterocycles. The Morgan fingerprint density at radius 1 is 1.69 bits per heavy atom. The molecule has 0 aliphatic carbocycles. The summed E-state index contributed by atoms with van der Waals surface area (Å²) in [4.78, 5) is 14.2. The van der Waals surface area contributed by atoms with E-state index in [1.54, 1.807) is 6.20 Å². The van der Waals surface area contributed by atoms with Crippen LogP contribution in [0.15, 0.2) is 24.9 Å². The topological polar surface area (TPSA) is 42.0 Å². The van der Waals surface area contributed by atoms with E-state index in [1.165, 1.54) is 0 Å². The number of nitrogens with one attached hydrogen (secondary N) is 1. The first kappa shape index (κ1) is 9.45. The highest BCUT2D eigenvalue weighted by molar-refractivity contribution is 5.57. The molecule has 68 valence electrons. The molecule has 1 rings (SSSR count). The average Bonchev–Trinajstić information content (AvgIpc) is 2.15. The van der Waals surface area contributed by atoms with Gasteiger partial charge < -0.3 is 5.32 Å². The van der Waals surface area contributed by atoms with E-state index >= 15 is 0 Å². The van der Waals surface area contributed by atoms with E-state index in [2.05, 4.69) is 16.9 Å². The maximum Gasteiger partial charge on any atom is 0.207 e. The average molecular weight is 176 g/mol. The zero-order chi connectivity index (χ0) is 9.68. The zero-order valence-corrected chi connectivity index (χ0v) is 7.58. The van der Waals surface area contributed by atoms with Gasteiger partial charge in [-0.1, -0.05) is 12.6 Å². The van der Waals surface area contributed by atoms with Crippen LogP contribution in [0.3, 0.4) is 0 Å². The molecule has 1 aromatic heterocycles. The second kappa shape index (κ2) is 4.40. The van der Waals surface area contributed by atoms with Gasteiger partial charge in [0.15, 0.2) is 0 Å². The number of carbonyl (C=O) groups excluding carboxylic acids is 1. The van der Waals surface area contributed by atoms with Crippen LogP contribution in [-0.4, -0.2) is 11.4 Å². The molecule has 3 heteroatoms. The summed E-state index contributed by atoms with van der Waals surface area (Å²) in [6, 6.07) is 3.82. The van der Waals surface area contributed by atoms with E-state index < -0.39 is 0 Å². The Morgan fingerprint density at radius 2 is 2.46 bits per heavy atom. The van der Waals surface area contributed by atoms with Crippen molar-refractivity contribution in [2.24, 2.45) is 0 Å². The number of nitrogens with zero attached hydrogens (tertiary/aromatic N) is 1. The molecule has 3 nitrogen and oxygen atoms in total. The Balaban J connectivity index is 2.69. The summed E-state index contributed by atoms with van der Waals surface area (Å²) in [6.07, 6.45) is 2.41. The van der Waals surface area contributed by atoms with Crippen LogP contribution in [0.2, 0.25) is 0 Å². The van der Waals surface area contributed by atoms with Gasteiger partial charge in [0, 0.05) is 12.7 Å². The first-order valence-corrected chi connectivity index (χ1v) is 4.02. The van der Waals surface area contributed by atoms with Gasteiger partial charge in [-0.15, -0.1) is 0 Å². The van der Waals surface area contributed by atoms with Crippen LogP contribution in [0.25, 0.3) is 5.57 Å². The summed E-state index contributed by atoms with van der Waals surface area (Å²) >= 11 is 0. The van der Waals surface area contributed by atoms with Crippen molar-refractivity contribution < 1.29 is 4.79 Å². The molecule has 0 radical (unpaired) electrons. The predicted molar refractivity (Wildman–Crippen MR) is 51.8 cm³/mol. The van der Waals surface area contributed by atoms with Gasteiger partial charge in [-0.2, -0.15) is 0 Å². The molecule has 0 aromatic carbocycles. The predicted octanol–water partition coefficient (Wildman–Crippen LogP) is 1.36. The maximum atomic E-state index is 10.0. The van der Waals surface area contributed by atoms with Crippen molar-refractivity contribution in [3.8, 4) is 0 Å². The van der Waals surface area contributed by atoms with Crippen LogP contribution in [0.1, 0.15) is 18.2 Å². The molecular weight excluding hydrogens is 164 g/mol. The molecule has 0 saturated carbocycles. The van der Waals surface area contributed by atoms with E-state index in [4.69, 9.17) is 0 Å². The molecule has 0 spiro atoms. The zero-order valence-electron chi connectivity index (χ0n) is 7.58. The molecule has 1 N–H and O–H groups in total. The molecule has 1 aromatic rings. The molecule has 0 bridgehead atoms. The first-order valence-electron chi connectivity index (χ1n) is 4.02. The number of pyridine rings is 1. The third kappa shape index (κ3) is 2.71. The van der Waals surface area contributed by atoms with Crippen molar-refractivity contribution in [3.05, 3.63) is 36.2 Å². The number of hydrogen-bond acceptors (Lipinski definition) is 2. The molecule has 0 atom stereocenters. The maximum absolute atomic E-state index is 10.0. The van der Waals surface area contributed by atoms with Crippen LogP contribution in [0.5, 0.6) is 0 Å². The summed E-state index contributed by atoms with van der Waals surface area (Å²) in [5.74, 6) is 0. The van der Waals surface area contributed by atoms with E-state index in [1.807, 2.05) is 19.1 Å². The molecule has 13 heavy (non-hydrogen) atoms. The van der Waals surface area contributed by atoms with Crippen LogP contribution < -0.4 is 5.32 Å². The smallest absolute Gasteiger partial charge is 0.207 e. The van der Waals surface area contributed by atoms with Crippen LogP contribution in [0, 0.1) is 0 Å². The van der Waals surface area contributed by atoms with Crippen molar-refractivity contribution in [2.45, 2.75) is 13.5 Å². The van der Waals surface area contributed by atoms with Gasteiger partial charge >= 0.3 is 0 Å². The normalized spacial score (nSPS) is 9.31. The lowest BCUT2D eigenvalue weighted by atomic mass is 10.2. The number of hydrogen-bond donors (Lipinski definition) is 1. The highest BCUT2D eigenvalue weighted by Crippen LogP contribution is 2.08. The van der Waals surface area contributed by atoms with E-state index in [0.29, 0.717) is 13.0 Å². The molecule has 0 fully saturated rings. The Kier molecular flexibility index (Phi) is 3.20. The second-order valence-corrected chi connectivity index (χ2v) is 2.83. The van der Waals surface area contributed by atoms with Crippen molar-refractivity contribution in [1.82, 2.24) is 10.3 Å². The summed E-state index contributed by atoms with van der Waals surface area (Å²) in [6.45, 7) is 6.21. The number of amides is 1. The Bertz CT molecular complexity index is 303. The largest absolute Gasteiger partial charge is 0.355 e. The van der Waals surface area contributed by atoms with E-state index in [9.17, 15) is 4.79 Å². The van der Waals surface area contributed by atoms with E-state index in [0.717, 1.165) is 16.8 Å². The first-order chi connectivity index (χ1) is 6.24. The lowest BCUT2D eigenvalue weighted by Crippen LogP contribution is -2.09. The van der Waals surface area contributed by atoms with Crippen LogP contribution >= 0.6 is 0 Å². The van der Waals surface area contributed by atoms with Gasteiger partial charge in [-0.3, -0.25) is 9.78 Å². The van der Waals surface area contributed by atoms with Crippen molar-refractivity contribution >= 4 is 12.0 Å². The molecule has 0 aliphatic heterocycles. The van der Waals surface area contributed by atoms with Gasteiger partial charge in [0.2, 0.25) is 6.41 Å². The number of allylic oxidation sites excluding steroid dienone is 1. The molecule has 0 unspecified atom stereocenters. The molecule has 1 heterocycles. The summed E-state index contributed by atoms with van der Waals surface area (Å²) in [5, 5.41) is 2.57. The van der Waals surface area contributed by atoms with Gasteiger partial charge in [0.25, 0.3) is 0 Å². The van der Waals surface area contributed by atoms with Crippen LogP contribution in [-0.2, 0) is 11.3 Å². The summed E-state index contributed by atoms with van der Waals surface area (Å²) < 4.78 is 0. The second-order valence-electron chi connectivity index (χ2n) is 2.83. The minimum absolute atomic E-state index is 0.521. The Hall–Kier alpha value is -1.64. The summed E-state index contributed by atoms with van der Waals surface area (Å²) in [7, 11) is 0. The standard InChI is InChI=1S/C10H12N2O/c1-8(2)10-4-3-9(6-12-10)5-11-7-13/h3-4,6-7H,1,5H2,2H3,(H,11,13). The van der Waals surface area contributed by atoms with E-state index in [-0.39, 0.29) is 0 Å². The fourth-order valence-corrected chi connectivity index (χ4v) is 0.941. The fourth-order valence-electron chi connectivity index (χ4n) is 0.941. The SMILES string of the molecule is C=C(C)c1ccc(CNC=O)cn1. The molecular formula is C10H12N2O.